The Morgan fingerprint density at radius 3 is 3.00 bits per heavy atom. The third-order valence-electron chi connectivity index (χ3n) is 3.19. The number of nitrogens with two attached hydrogens (primary N) is 1. The number of carbonyl (C=O) groups excluding carboxylic acids is 1. The summed E-state index contributed by atoms with van der Waals surface area (Å²) in [6.45, 7) is 2.88. The number of thiophene rings is 1. The molecule has 2 heterocycles. The Bertz CT molecular complexity index is 407. The molecule has 0 aliphatic carbocycles. The van der Waals surface area contributed by atoms with Crippen LogP contribution < -0.4 is 5.73 Å². The van der Waals surface area contributed by atoms with Crippen molar-refractivity contribution in [2.75, 3.05) is 6.54 Å². The molecule has 94 valence electrons. The predicted octanol–water partition coefficient (Wildman–Crippen LogP) is 2.39. The first kappa shape index (κ1) is 13.1. The zero-order valence-corrected chi connectivity index (χ0v) is 12.3. The second-order valence-corrected chi connectivity index (χ2v) is 7.15. The van der Waals surface area contributed by atoms with E-state index in [1.807, 2.05) is 17.0 Å². The largest absolute Gasteiger partial charge is 0.340 e. The average molecular weight is 317 g/mol. The maximum Gasteiger partial charge on any atom is 0.228 e. The first-order valence-electron chi connectivity index (χ1n) is 5.85. The summed E-state index contributed by atoms with van der Waals surface area (Å²) in [5.41, 5.74) is 5.90. The van der Waals surface area contributed by atoms with Gasteiger partial charge >= 0.3 is 0 Å². The van der Waals surface area contributed by atoms with E-state index < -0.39 is 0 Å². The number of nitrogens with zero attached hydrogens (tertiary/aromatic N) is 1. The lowest BCUT2D eigenvalue weighted by Gasteiger charge is -2.36. The lowest BCUT2D eigenvalue weighted by atomic mass is 9.99. The van der Waals surface area contributed by atoms with Crippen molar-refractivity contribution in [3.63, 3.8) is 0 Å². The van der Waals surface area contributed by atoms with Crippen LogP contribution in [-0.4, -0.2) is 29.4 Å². The van der Waals surface area contributed by atoms with Gasteiger partial charge in [0.1, 0.15) is 0 Å². The first-order valence-corrected chi connectivity index (χ1v) is 7.46. The smallest absolute Gasteiger partial charge is 0.228 e. The number of likely N-dealkylation sites (tertiary alicyclic amines) is 1. The number of amides is 1. The molecule has 2 N–H and O–H groups in total. The maximum absolute atomic E-state index is 12.2. The van der Waals surface area contributed by atoms with Crippen LogP contribution in [0.3, 0.4) is 0 Å². The van der Waals surface area contributed by atoms with Gasteiger partial charge in [-0.3, -0.25) is 4.79 Å². The summed E-state index contributed by atoms with van der Waals surface area (Å²) in [4.78, 5) is 15.3. The van der Waals surface area contributed by atoms with Crippen LogP contribution in [0, 0.1) is 0 Å². The van der Waals surface area contributed by atoms with E-state index in [1.165, 1.54) is 0 Å². The van der Waals surface area contributed by atoms with Gasteiger partial charge < -0.3 is 10.6 Å². The van der Waals surface area contributed by atoms with Gasteiger partial charge in [0.2, 0.25) is 5.91 Å². The second-order valence-electron chi connectivity index (χ2n) is 4.60. The van der Waals surface area contributed by atoms with Gasteiger partial charge in [0.25, 0.3) is 0 Å². The SMILES string of the molecule is CC1CC(N)CCN1C(=O)Cc1ccc(Br)s1. The fraction of sp³-hybridized carbons (Fsp3) is 0.583. The van der Waals surface area contributed by atoms with Crippen molar-refractivity contribution < 1.29 is 4.79 Å². The van der Waals surface area contributed by atoms with E-state index in [9.17, 15) is 4.79 Å². The van der Waals surface area contributed by atoms with Crippen LogP contribution in [0.1, 0.15) is 24.6 Å². The third-order valence-corrected chi connectivity index (χ3v) is 4.82. The van der Waals surface area contributed by atoms with Gasteiger partial charge in [-0.15, -0.1) is 11.3 Å². The molecule has 1 aromatic rings. The molecule has 0 saturated carbocycles. The molecular formula is C12H17BrN2OS. The molecule has 1 aliphatic rings. The highest BCUT2D eigenvalue weighted by atomic mass is 79.9. The molecule has 2 unspecified atom stereocenters. The molecule has 0 aromatic carbocycles. The molecule has 2 rings (SSSR count). The predicted molar refractivity (Wildman–Crippen MR) is 74.1 cm³/mol. The van der Waals surface area contributed by atoms with Gasteiger partial charge in [-0.1, -0.05) is 0 Å². The Labute approximate surface area is 114 Å². The highest BCUT2D eigenvalue weighted by Gasteiger charge is 2.26. The van der Waals surface area contributed by atoms with Gasteiger partial charge in [-0.25, -0.2) is 0 Å². The molecule has 2 atom stereocenters. The molecule has 1 fully saturated rings. The Hall–Kier alpha value is -0.390. The first-order chi connectivity index (χ1) is 8.06. The third kappa shape index (κ3) is 3.30. The van der Waals surface area contributed by atoms with E-state index in [4.69, 9.17) is 5.73 Å². The van der Waals surface area contributed by atoms with Gasteiger partial charge in [0.05, 0.1) is 10.2 Å². The number of rotatable bonds is 2. The van der Waals surface area contributed by atoms with E-state index in [-0.39, 0.29) is 18.0 Å². The summed E-state index contributed by atoms with van der Waals surface area (Å²) in [6.07, 6.45) is 2.35. The van der Waals surface area contributed by atoms with Crippen molar-refractivity contribution in [3.05, 3.63) is 20.8 Å². The van der Waals surface area contributed by atoms with Crippen molar-refractivity contribution in [2.24, 2.45) is 5.73 Å². The summed E-state index contributed by atoms with van der Waals surface area (Å²) >= 11 is 5.04. The van der Waals surface area contributed by atoms with Crippen LogP contribution in [0.2, 0.25) is 0 Å². The van der Waals surface area contributed by atoms with Crippen molar-refractivity contribution >= 4 is 33.2 Å². The lowest BCUT2D eigenvalue weighted by molar-refractivity contribution is -0.133. The van der Waals surface area contributed by atoms with E-state index in [0.717, 1.165) is 28.0 Å². The molecule has 0 spiro atoms. The van der Waals surface area contributed by atoms with Crippen molar-refractivity contribution in [1.82, 2.24) is 4.90 Å². The molecule has 0 radical (unpaired) electrons. The van der Waals surface area contributed by atoms with Crippen LogP contribution in [0.15, 0.2) is 15.9 Å². The standard InChI is InChI=1S/C12H17BrN2OS/c1-8-6-9(14)4-5-15(8)12(16)7-10-2-3-11(13)17-10/h2-3,8-9H,4-7,14H2,1H3. The Kier molecular flexibility index (Phi) is 4.22. The summed E-state index contributed by atoms with van der Waals surface area (Å²) in [6, 6.07) is 4.52. The lowest BCUT2D eigenvalue weighted by Crippen LogP contribution is -2.48. The topological polar surface area (TPSA) is 46.3 Å². The summed E-state index contributed by atoms with van der Waals surface area (Å²) < 4.78 is 1.08. The average Bonchev–Trinajstić information content (AvgIpc) is 2.63. The minimum Gasteiger partial charge on any atom is -0.340 e. The highest BCUT2D eigenvalue weighted by molar-refractivity contribution is 9.11. The molecule has 1 aromatic heterocycles. The van der Waals surface area contributed by atoms with Crippen molar-refractivity contribution in [2.45, 2.75) is 38.3 Å². The number of hydrogen-bond acceptors (Lipinski definition) is 3. The number of carbonyl (C=O) groups is 1. The van der Waals surface area contributed by atoms with Gasteiger partial charge in [-0.05, 0) is 47.8 Å². The fourth-order valence-corrected chi connectivity index (χ4v) is 3.75. The Morgan fingerprint density at radius 2 is 2.41 bits per heavy atom. The number of piperidine rings is 1. The van der Waals surface area contributed by atoms with E-state index in [2.05, 4.69) is 22.9 Å². The molecule has 17 heavy (non-hydrogen) atoms. The number of hydrogen-bond donors (Lipinski definition) is 1. The number of halogens is 1. The Balaban J connectivity index is 1.96. The summed E-state index contributed by atoms with van der Waals surface area (Å²) in [5.74, 6) is 0.221. The van der Waals surface area contributed by atoms with Crippen molar-refractivity contribution in [3.8, 4) is 0 Å². The molecule has 1 saturated heterocycles. The quantitative estimate of drug-likeness (QED) is 0.910. The molecular weight excluding hydrogens is 300 g/mol. The maximum atomic E-state index is 12.2. The highest BCUT2D eigenvalue weighted by Crippen LogP contribution is 2.24. The van der Waals surface area contributed by atoms with Crippen LogP contribution >= 0.6 is 27.3 Å². The van der Waals surface area contributed by atoms with Crippen molar-refractivity contribution in [1.29, 1.82) is 0 Å². The normalized spacial score (nSPS) is 25.0. The van der Waals surface area contributed by atoms with Gasteiger partial charge in [-0.2, -0.15) is 0 Å². The minimum atomic E-state index is 0.221. The minimum absolute atomic E-state index is 0.221. The zero-order chi connectivity index (χ0) is 12.4. The second kappa shape index (κ2) is 5.50. The summed E-state index contributed by atoms with van der Waals surface area (Å²) in [7, 11) is 0. The van der Waals surface area contributed by atoms with Crippen LogP contribution in [0.4, 0.5) is 0 Å². The molecule has 5 heteroatoms. The van der Waals surface area contributed by atoms with E-state index in [1.54, 1.807) is 11.3 Å². The Morgan fingerprint density at radius 1 is 1.65 bits per heavy atom. The fourth-order valence-electron chi connectivity index (χ4n) is 2.28. The monoisotopic (exact) mass is 316 g/mol. The van der Waals surface area contributed by atoms with Crippen LogP contribution in [0.25, 0.3) is 0 Å². The van der Waals surface area contributed by atoms with E-state index in [0.29, 0.717) is 6.42 Å². The molecule has 0 bridgehead atoms. The molecule has 1 amide bonds. The van der Waals surface area contributed by atoms with E-state index >= 15 is 0 Å². The summed E-state index contributed by atoms with van der Waals surface area (Å²) in [5, 5.41) is 0. The van der Waals surface area contributed by atoms with Crippen LogP contribution in [0.5, 0.6) is 0 Å². The van der Waals surface area contributed by atoms with Gasteiger partial charge in [0, 0.05) is 23.5 Å². The van der Waals surface area contributed by atoms with Gasteiger partial charge in [0.15, 0.2) is 0 Å². The molecule has 1 aliphatic heterocycles. The molecule has 3 nitrogen and oxygen atoms in total. The van der Waals surface area contributed by atoms with Crippen LogP contribution in [-0.2, 0) is 11.2 Å². The zero-order valence-electron chi connectivity index (χ0n) is 9.86.